The van der Waals surface area contributed by atoms with Gasteiger partial charge in [0.25, 0.3) is 5.91 Å². The summed E-state index contributed by atoms with van der Waals surface area (Å²) in [5.74, 6) is -0.721. The number of halogens is 1. The molecule has 5 nitrogen and oxygen atoms in total. The molecule has 2 heterocycles. The lowest BCUT2D eigenvalue weighted by atomic mass is 10.0. The van der Waals surface area contributed by atoms with E-state index in [1.54, 1.807) is 6.92 Å². The molecule has 7 heteroatoms. The van der Waals surface area contributed by atoms with Crippen molar-refractivity contribution in [1.82, 2.24) is 10.6 Å². The summed E-state index contributed by atoms with van der Waals surface area (Å²) in [6.45, 7) is 1.68. The molecule has 118 valence electrons. The fourth-order valence-electron chi connectivity index (χ4n) is 2.40. The lowest BCUT2D eigenvalue weighted by Crippen LogP contribution is -2.45. The minimum Gasteiger partial charge on any atom is -0.326 e. The lowest BCUT2D eigenvalue weighted by Gasteiger charge is -2.27. The van der Waals surface area contributed by atoms with Crippen molar-refractivity contribution in [2.75, 3.05) is 5.32 Å². The van der Waals surface area contributed by atoms with Gasteiger partial charge in [-0.2, -0.15) is 0 Å². The predicted octanol–water partition coefficient (Wildman–Crippen LogP) is 3.15. The maximum Gasteiger partial charge on any atom is 0.319 e. The number of urea groups is 1. The molecule has 3 amide bonds. The van der Waals surface area contributed by atoms with E-state index in [0.29, 0.717) is 17.0 Å². The van der Waals surface area contributed by atoms with Gasteiger partial charge in [0.2, 0.25) is 0 Å². The van der Waals surface area contributed by atoms with Gasteiger partial charge in [0.1, 0.15) is 5.82 Å². The summed E-state index contributed by atoms with van der Waals surface area (Å²) in [7, 11) is 0. The van der Waals surface area contributed by atoms with Gasteiger partial charge in [-0.25, -0.2) is 9.18 Å². The summed E-state index contributed by atoms with van der Waals surface area (Å²) in [5.41, 5.74) is 1.40. The van der Waals surface area contributed by atoms with E-state index < -0.39 is 6.04 Å². The Hall–Kier alpha value is -2.67. The fourth-order valence-corrected chi connectivity index (χ4v) is 3.18. The van der Waals surface area contributed by atoms with Crippen LogP contribution in [0, 0.1) is 5.82 Å². The normalized spacial score (nSPS) is 17.5. The van der Waals surface area contributed by atoms with E-state index in [0.717, 1.165) is 4.88 Å². The number of carbonyl (C=O) groups is 2. The number of nitrogens with one attached hydrogen (secondary N) is 3. The van der Waals surface area contributed by atoms with Gasteiger partial charge in [-0.3, -0.25) is 4.79 Å². The van der Waals surface area contributed by atoms with E-state index in [4.69, 9.17) is 0 Å². The molecule has 1 aromatic carbocycles. The molecule has 0 fully saturated rings. The van der Waals surface area contributed by atoms with E-state index in [-0.39, 0.29) is 17.8 Å². The van der Waals surface area contributed by atoms with Gasteiger partial charge in [0, 0.05) is 16.3 Å². The van der Waals surface area contributed by atoms with E-state index in [1.807, 2.05) is 17.5 Å². The topological polar surface area (TPSA) is 70.2 Å². The van der Waals surface area contributed by atoms with Crippen LogP contribution in [0.25, 0.3) is 0 Å². The van der Waals surface area contributed by atoms with E-state index >= 15 is 0 Å². The SMILES string of the molecule is CC1=C(C(=O)Nc2ccc(F)cc2)[C@H](c2cccs2)NC(=O)N1. The Balaban J connectivity index is 1.90. The van der Waals surface area contributed by atoms with Crippen molar-refractivity contribution in [3.8, 4) is 0 Å². The molecular weight excluding hydrogens is 317 g/mol. The molecule has 0 saturated heterocycles. The summed E-state index contributed by atoms with van der Waals surface area (Å²) in [5, 5.41) is 9.98. The molecule has 3 rings (SSSR count). The molecule has 3 N–H and O–H groups in total. The van der Waals surface area contributed by atoms with Crippen LogP contribution in [0.1, 0.15) is 17.8 Å². The fraction of sp³-hybridized carbons (Fsp3) is 0.125. The number of hydrogen-bond acceptors (Lipinski definition) is 3. The van der Waals surface area contributed by atoms with Crippen molar-refractivity contribution in [1.29, 1.82) is 0 Å². The van der Waals surface area contributed by atoms with Crippen molar-refractivity contribution >= 4 is 29.0 Å². The summed E-state index contributed by atoms with van der Waals surface area (Å²) in [4.78, 5) is 25.2. The Labute approximate surface area is 136 Å². The lowest BCUT2D eigenvalue weighted by molar-refractivity contribution is -0.113. The third kappa shape index (κ3) is 3.24. The Morgan fingerprint density at radius 1 is 1.26 bits per heavy atom. The molecule has 1 atom stereocenters. The highest BCUT2D eigenvalue weighted by molar-refractivity contribution is 7.10. The van der Waals surface area contributed by atoms with Gasteiger partial charge in [-0.1, -0.05) is 6.07 Å². The quantitative estimate of drug-likeness (QED) is 0.808. The van der Waals surface area contributed by atoms with Crippen LogP contribution in [-0.2, 0) is 4.79 Å². The van der Waals surface area contributed by atoms with Crippen LogP contribution in [0.3, 0.4) is 0 Å². The van der Waals surface area contributed by atoms with Crippen LogP contribution in [0.2, 0.25) is 0 Å². The number of rotatable bonds is 3. The first kappa shape index (κ1) is 15.2. The van der Waals surface area contributed by atoms with Crippen molar-refractivity contribution < 1.29 is 14.0 Å². The standard InChI is InChI=1S/C16H14FN3O2S/c1-9-13(15(21)19-11-6-4-10(17)5-7-11)14(20-16(22)18-9)12-3-2-8-23-12/h2-8,14H,1H3,(H,19,21)(H2,18,20,22)/t14-/m0/s1. The van der Waals surface area contributed by atoms with Gasteiger partial charge < -0.3 is 16.0 Å². The first-order chi connectivity index (χ1) is 11.0. The number of carbonyl (C=O) groups excluding carboxylic acids is 2. The average Bonchev–Trinajstić information content (AvgIpc) is 3.03. The molecule has 0 saturated carbocycles. The zero-order valence-electron chi connectivity index (χ0n) is 12.2. The largest absolute Gasteiger partial charge is 0.326 e. The van der Waals surface area contributed by atoms with Gasteiger partial charge in [-0.15, -0.1) is 11.3 Å². The van der Waals surface area contributed by atoms with Crippen molar-refractivity contribution in [2.45, 2.75) is 13.0 Å². The summed E-state index contributed by atoms with van der Waals surface area (Å²) in [6.07, 6.45) is 0. The van der Waals surface area contributed by atoms with Crippen molar-refractivity contribution in [3.63, 3.8) is 0 Å². The van der Waals surface area contributed by atoms with Gasteiger partial charge in [0.15, 0.2) is 0 Å². The second-order valence-corrected chi connectivity index (χ2v) is 6.03. The minimum atomic E-state index is -0.510. The molecule has 0 unspecified atom stereocenters. The molecule has 0 radical (unpaired) electrons. The maximum atomic E-state index is 13.0. The van der Waals surface area contributed by atoms with E-state index in [1.165, 1.54) is 35.6 Å². The number of hydrogen-bond donors (Lipinski definition) is 3. The Bertz CT molecular complexity index is 769. The first-order valence-corrected chi connectivity index (χ1v) is 7.81. The van der Waals surface area contributed by atoms with E-state index in [9.17, 15) is 14.0 Å². The molecule has 0 aliphatic carbocycles. The third-order valence-electron chi connectivity index (χ3n) is 3.44. The van der Waals surface area contributed by atoms with Crippen LogP contribution in [0.15, 0.2) is 53.0 Å². The number of benzene rings is 1. The average molecular weight is 331 g/mol. The Morgan fingerprint density at radius 3 is 2.65 bits per heavy atom. The predicted molar refractivity (Wildman–Crippen MR) is 86.5 cm³/mol. The third-order valence-corrected chi connectivity index (χ3v) is 4.38. The summed E-state index contributed by atoms with van der Waals surface area (Å²) < 4.78 is 13.0. The monoisotopic (exact) mass is 331 g/mol. The molecule has 1 aliphatic heterocycles. The van der Waals surface area contributed by atoms with E-state index in [2.05, 4.69) is 16.0 Å². The smallest absolute Gasteiger partial charge is 0.319 e. The molecular formula is C16H14FN3O2S. The zero-order valence-corrected chi connectivity index (χ0v) is 13.0. The molecule has 1 aliphatic rings. The highest BCUT2D eigenvalue weighted by Gasteiger charge is 2.31. The number of amides is 3. The number of anilines is 1. The molecule has 2 aromatic rings. The number of thiophene rings is 1. The van der Waals surface area contributed by atoms with Crippen LogP contribution in [0.4, 0.5) is 14.9 Å². The Morgan fingerprint density at radius 2 is 2.00 bits per heavy atom. The molecule has 0 spiro atoms. The number of allylic oxidation sites excluding steroid dienone is 1. The Kier molecular flexibility index (Phi) is 4.12. The molecule has 23 heavy (non-hydrogen) atoms. The summed E-state index contributed by atoms with van der Waals surface area (Å²) in [6, 6.07) is 8.38. The van der Waals surface area contributed by atoms with Gasteiger partial charge in [-0.05, 0) is 42.6 Å². The van der Waals surface area contributed by atoms with Crippen LogP contribution < -0.4 is 16.0 Å². The highest BCUT2D eigenvalue weighted by atomic mass is 32.1. The second kappa shape index (κ2) is 6.21. The van der Waals surface area contributed by atoms with Crippen LogP contribution in [-0.4, -0.2) is 11.9 Å². The zero-order chi connectivity index (χ0) is 16.4. The van der Waals surface area contributed by atoms with Crippen LogP contribution in [0.5, 0.6) is 0 Å². The first-order valence-electron chi connectivity index (χ1n) is 6.93. The second-order valence-electron chi connectivity index (χ2n) is 5.05. The van der Waals surface area contributed by atoms with Crippen molar-refractivity contribution in [2.24, 2.45) is 0 Å². The summed E-state index contributed by atoms with van der Waals surface area (Å²) >= 11 is 1.46. The molecule has 0 bridgehead atoms. The van der Waals surface area contributed by atoms with Crippen LogP contribution >= 0.6 is 11.3 Å². The molecule has 1 aromatic heterocycles. The van der Waals surface area contributed by atoms with Gasteiger partial charge in [0.05, 0.1) is 11.6 Å². The van der Waals surface area contributed by atoms with Crippen molar-refractivity contribution in [3.05, 3.63) is 63.7 Å². The highest BCUT2D eigenvalue weighted by Crippen LogP contribution is 2.30. The van der Waals surface area contributed by atoms with Gasteiger partial charge >= 0.3 is 6.03 Å². The maximum absolute atomic E-state index is 13.0. The minimum absolute atomic E-state index is 0.347.